The largest absolute Gasteiger partial charge is 0.494 e. The number of anilines is 2. The summed E-state index contributed by atoms with van der Waals surface area (Å²) in [5.41, 5.74) is 3.97. The van der Waals surface area contributed by atoms with Crippen molar-refractivity contribution in [3.63, 3.8) is 0 Å². The number of benzene rings is 2. The Morgan fingerprint density at radius 1 is 1.12 bits per heavy atom. The van der Waals surface area contributed by atoms with Gasteiger partial charge in [0.25, 0.3) is 0 Å². The number of rotatable bonds is 5. The van der Waals surface area contributed by atoms with Crippen LogP contribution in [0.25, 0.3) is 5.69 Å². The lowest BCUT2D eigenvalue weighted by atomic mass is 9.94. The molecule has 1 N–H and O–H groups in total. The monoisotopic (exact) mass is 448 g/mol. The zero-order chi connectivity index (χ0) is 22.1. The van der Waals surface area contributed by atoms with E-state index >= 15 is 0 Å². The Hall–Kier alpha value is -3.32. The number of nitrogens with one attached hydrogen (secondary N) is 1. The van der Waals surface area contributed by atoms with Gasteiger partial charge in [0.2, 0.25) is 5.95 Å². The number of aryl methyl sites for hydroxylation is 2. The first-order valence-corrected chi connectivity index (χ1v) is 11.1. The van der Waals surface area contributed by atoms with Crippen LogP contribution in [0.1, 0.15) is 42.3 Å². The Labute approximate surface area is 192 Å². The van der Waals surface area contributed by atoms with Crippen LogP contribution in [0.2, 0.25) is 5.02 Å². The van der Waals surface area contributed by atoms with Crippen LogP contribution >= 0.6 is 11.6 Å². The highest BCUT2D eigenvalue weighted by Gasteiger charge is 2.24. The Morgan fingerprint density at radius 2 is 1.97 bits per heavy atom. The number of aromatic nitrogens is 5. The molecule has 2 aromatic carbocycles. The second-order valence-corrected chi connectivity index (χ2v) is 8.49. The van der Waals surface area contributed by atoms with E-state index in [1.807, 2.05) is 52.7 Å². The smallest absolute Gasteiger partial charge is 0.246 e. The third-order valence-corrected chi connectivity index (χ3v) is 6.07. The molecule has 8 heteroatoms. The van der Waals surface area contributed by atoms with E-state index in [2.05, 4.69) is 22.4 Å². The van der Waals surface area contributed by atoms with E-state index in [9.17, 15) is 0 Å². The van der Waals surface area contributed by atoms with Crippen LogP contribution in [0.4, 0.5) is 11.6 Å². The summed E-state index contributed by atoms with van der Waals surface area (Å²) in [4.78, 5) is 9.18. The fourth-order valence-electron chi connectivity index (χ4n) is 4.23. The van der Waals surface area contributed by atoms with Gasteiger partial charge in [0, 0.05) is 35.4 Å². The molecule has 1 aliphatic heterocycles. The van der Waals surface area contributed by atoms with E-state index in [4.69, 9.17) is 26.4 Å². The predicted octanol–water partition coefficient (Wildman–Crippen LogP) is 5.49. The Kier molecular flexibility index (Phi) is 5.57. The van der Waals surface area contributed by atoms with Gasteiger partial charge < -0.3 is 14.6 Å². The molecule has 0 aliphatic carbocycles. The van der Waals surface area contributed by atoms with Crippen molar-refractivity contribution >= 4 is 23.2 Å². The first-order valence-electron chi connectivity index (χ1n) is 10.8. The maximum absolute atomic E-state index is 6.10. The molecular formula is C24H25ClN6O. The minimum Gasteiger partial charge on any atom is -0.494 e. The van der Waals surface area contributed by atoms with Crippen molar-refractivity contribution in [3.05, 3.63) is 77.1 Å². The number of ether oxygens (including phenoxy) is 1. The van der Waals surface area contributed by atoms with Gasteiger partial charge in [-0.15, -0.1) is 5.10 Å². The normalized spacial score (nSPS) is 15.8. The van der Waals surface area contributed by atoms with Crippen molar-refractivity contribution < 1.29 is 4.74 Å². The van der Waals surface area contributed by atoms with Crippen LogP contribution in [0.3, 0.4) is 0 Å². The van der Waals surface area contributed by atoms with Gasteiger partial charge in [-0.2, -0.15) is 4.98 Å². The van der Waals surface area contributed by atoms with E-state index in [1.54, 1.807) is 13.4 Å². The Morgan fingerprint density at radius 3 is 2.72 bits per heavy atom. The van der Waals surface area contributed by atoms with Gasteiger partial charge in [-0.3, -0.25) is 0 Å². The van der Waals surface area contributed by atoms with Crippen LogP contribution in [-0.4, -0.2) is 31.4 Å². The molecule has 3 heterocycles. The van der Waals surface area contributed by atoms with Crippen molar-refractivity contribution in [2.24, 2.45) is 0 Å². The lowest BCUT2D eigenvalue weighted by Gasteiger charge is -2.14. The highest BCUT2D eigenvalue weighted by molar-refractivity contribution is 6.30. The van der Waals surface area contributed by atoms with Gasteiger partial charge in [0.05, 0.1) is 24.8 Å². The van der Waals surface area contributed by atoms with Crippen molar-refractivity contribution in [1.82, 2.24) is 24.3 Å². The summed E-state index contributed by atoms with van der Waals surface area (Å²) in [6, 6.07) is 14.0. The molecule has 5 rings (SSSR count). The molecule has 0 saturated carbocycles. The first kappa shape index (κ1) is 20.6. The molecule has 0 saturated heterocycles. The fraction of sp³-hybridized carbons (Fsp3) is 0.292. The average molecular weight is 449 g/mol. The molecule has 2 aromatic heterocycles. The molecule has 1 aliphatic rings. The quantitative estimate of drug-likeness (QED) is 0.437. The molecule has 7 nitrogen and oxygen atoms in total. The summed E-state index contributed by atoms with van der Waals surface area (Å²) >= 11 is 6.10. The van der Waals surface area contributed by atoms with Gasteiger partial charge >= 0.3 is 0 Å². The number of halogens is 1. The van der Waals surface area contributed by atoms with Gasteiger partial charge in [0.1, 0.15) is 11.6 Å². The third-order valence-electron chi connectivity index (χ3n) is 5.82. The summed E-state index contributed by atoms with van der Waals surface area (Å²) in [6.07, 6.45) is 7.04. The summed E-state index contributed by atoms with van der Waals surface area (Å²) in [5, 5.41) is 8.85. The van der Waals surface area contributed by atoms with E-state index in [1.165, 1.54) is 5.56 Å². The molecule has 1 atom stereocenters. The lowest BCUT2D eigenvalue weighted by Crippen LogP contribution is -2.08. The summed E-state index contributed by atoms with van der Waals surface area (Å²) < 4.78 is 9.61. The highest BCUT2D eigenvalue weighted by Crippen LogP contribution is 2.34. The number of nitrogens with zero attached hydrogens (tertiary/aromatic N) is 5. The molecule has 164 valence electrons. The van der Waals surface area contributed by atoms with E-state index in [-0.39, 0.29) is 5.92 Å². The Balaban J connectivity index is 1.43. The van der Waals surface area contributed by atoms with Crippen molar-refractivity contribution in [2.75, 3.05) is 12.4 Å². The number of methoxy groups -OCH3 is 1. The molecule has 0 amide bonds. The van der Waals surface area contributed by atoms with Gasteiger partial charge in [0.15, 0.2) is 0 Å². The van der Waals surface area contributed by atoms with Gasteiger partial charge in [-0.1, -0.05) is 30.2 Å². The Bertz CT molecular complexity index is 1230. The van der Waals surface area contributed by atoms with Crippen LogP contribution < -0.4 is 10.1 Å². The van der Waals surface area contributed by atoms with Crippen molar-refractivity contribution in [3.8, 4) is 11.4 Å². The molecule has 4 aromatic rings. The van der Waals surface area contributed by atoms with Crippen molar-refractivity contribution in [2.45, 2.75) is 38.6 Å². The van der Waals surface area contributed by atoms with Crippen LogP contribution in [0.5, 0.6) is 5.75 Å². The zero-order valence-electron chi connectivity index (χ0n) is 18.1. The zero-order valence-corrected chi connectivity index (χ0v) is 18.9. The first-order chi connectivity index (χ1) is 15.6. The lowest BCUT2D eigenvalue weighted by molar-refractivity contribution is 0.413. The topological polar surface area (TPSA) is 69.8 Å². The minimum absolute atomic E-state index is 0.208. The standard InChI is InChI=1S/C24H25ClN6O/c1-16-14-30(15-26-16)21-11-10-19(13-22(21)32-2)27-24-28-23-20(5-3-4-12-31(23)29-24)17-6-8-18(25)9-7-17/h6-11,13-15,20H,3-5,12H2,1-2H3,(H,27,29). The highest BCUT2D eigenvalue weighted by atomic mass is 35.5. The van der Waals surface area contributed by atoms with Crippen molar-refractivity contribution in [1.29, 1.82) is 0 Å². The maximum atomic E-state index is 6.10. The third kappa shape index (κ3) is 4.08. The molecule has 0 fully saturated rings. The molecular weight excluding hydrogens is 424 g/mol. The number of hydrogen-bond acceptors (Lipinski definition) is 5. The minimum atomic E-state index is 0.208. The second kappa shape index (κ2) is 8.67. The van der Waals surface area contributed by atoms with Gasteiger partial charge in [-0.25, -0.2) is 9.67 Å². The van der Waals surface area contributed by atoms with Gasteiger partial charge in [-0.05, 0) is 49.6 Å². The van der Waals surface area contributed by atoms with E-state index < -0.39 is 0 Å². The summed E-state index contributed by atoms with van der Waals surface area (Å²) in [5.74, 6) is 2.53. The molecule has 0 bridgehead atoms. The molecule has 0 radical (unpaired) electrons. The molecule has 32 heavy (non-hydrogen) atoms. The maximum Gasteiger partial charge on any atom is 0.246 e. The number of imidazole rings is 1. The summed E-state index contributed by atoms with van der Waals surface area (Å²) in [6.45, 7) is 2.83. The fourth-order valence-corrected chi connectivity index (χ4v) is 4.36. The predicted molar refractivity (Wildman–Crippen MR) is 125 cm³/mol. The van der Waals surface area contributed by atoms with E-state index in [0.717, 1.165) is 59.5 Å². The molecule has 0 spiro atoms. The van der Waals surface area contributed by atoms with E-state index in [0.29, 0.717) is 5.95 Å². The number of fused-ring (bicyclic) bond motifs is 1. The van der Waals surface area contributed by atoms with Crippen LogP contribution in [0, 0.1) is 6.92 Å². The average Bonchev–Trinajstić information content (AvgIpc) is 3.35. The SMILES string of the molecule is COc1cc(Nc2nc3n(n2)CCCCC3c2ccc(Cl)cc2)ccc1-n1cnc(C)c1. The molecule has 1 unspecified atom stereocenters. The number of hydrogen-bond donors (Lipinski definition) is 1. The van der Waals surface area contributed by atoms with Crippen LogP contribution in [-0.2, 0) is 6.54 Å². The summed E-state index contributed by atoms with van der Waals surface area (Å²) in [7, 11) is 1.67. The second-order valence-electron chi connectivity index (χ2n) is 8.05. The van der Waals surface area contributed by atoms with Crippen LogP contribution in [0.15, 0.2) is 55.0 Å².